The van der Waals surface area contributed by atoms with Gasteiger partial charge in [0.2, 0.25) is 0 Å². The molecule has 0 aromatic heterocycles. The number of aryl methyl sites for hydroxylation is 2. The Morgan fingerprint density at radius 1 is 0.677 bits per heavy atom. The van der Waals surface area contributed by atoms with Crippen LogP contribution in [-0.2, 0) is 0 Å². The monoisotopic (exact) mass is 420 g/mol. The summed E-state index contributed by atoms with van der Waals surface area (Å²) >= 11 is 0. The molecule has 0 saturated heterocycles. The fraction of sp³-hybridized carbons (Fsp3) is 0.586. The van der Waals surface area contributed by atoms with Crippen molar-refractivity contribution < 1.29 is 10.2 Å². The standard InChI is InChI=1S/C29H40O2/c1-4-23(24-17-26(28(30)15-19(24)2)21-11-7-5-8-12-21)25-18-27(29(31)16-20(25)3)22-13-9-6-10-14-22/h15-18,21-23,30-31H,4-14H2,1-3H3. The van der Waals surface area contributed by atoms with Crippen LogP contribution in [-0.4, -0.2) is 10.2 Å². The summed E-state index contributed by atoms with van der Waals surface area (Å²) in [5.41, 5.74) is 7.37. The number of hydrogen-bond donors (Lipinski definition) is 2. The minimum Gasteiger partial charge on any atom is -0.508 e. The fourth-order valence-corrected chi connectivity index (χ4v) is 6.29. The normalized spacial score (nSPS) is 18.6. The van der Waals surface area contributed by atoms with Crippen LogP contribution in [0.4, 0.5) is 0 Å². The maximum Gasteiger partial charge on any atom is 0.119 e. The first-order chi connectivity index (χ1) is 15.0. The van der Waals surface area contributed by atoms with Crippen LogP contribution in [0.1, 0.15) is 129 Å². The summed E-state index contributed by atoms with van der Waals surface area (Å²) in [4.78, 5) is 0. The van der Waals surface area contributed by atoms with Crippen molar-refractivity contribution in [3.63, 3.8) is 0 Å². The number of benzene rings is 2. The smallest absolute Gasteiger partial charge is 0.119 e. The number of phenolic OH excluding ortho intramolecular Hbond substituents is 2. The van der Waals surface area contributed by atoms with Crippen molar-refractivity contribution in [1.82, 2.24) is 0 Å². The van der Waals surface area contributed by atoms with Crippen LogP contribution in [0.15, 0.2) is 24.3 Å². The second kappa shape index (κ2) is 9.67. The molecule has 4 rings (SSSR count). The molecule has 31 heavy (non-hydrogen) atoms. The molecular weight excluding hydrogens is 380 g/mol. The molecule has 2 aromatic carbocycles. The van der Waals surface area contributed by atoms with Crippen molar-refractivity contribution in [2.24, 2.45) is 0 Å². The molecule has 2 saturated carbocycles. The highest BCUT2D eigenvalue weighted by Crippen LogP contribution is 2.44. The van der Waals surface area contributed by atoms with Gasteiger partial charge in [0.1, 0.15) is 11.5 Å². The summed E-state index contributed by atoms with van der Waals surface area (Å²) in [5, 5.41) is 21.5. The quantitative estimate of drug-likeness (QED) is 0.510. The van der Waals surface area contributed by atoms with E-state index >= 15 is 0 Å². The summed E-state index contributed by atoms with van der Waals surface area (Å²) in [7, 11) is 0. The topological polar surface area (TPSA) is 40.5 Å². The summed E-state index contributed by atoms with van der Waals surface area (Å²) in [6.45, 7) is 6.55. The largest absolute Gasteiger partial charge is 0.508 e. The lowest BCUT2D eigenvalue weighted by molar-refractivity contribution is 0.413. The van der Waals surface area contributed by atoms with Crippen LogP contribution < -0.4 is 0 Å². The first-order valence-corrected chi connectivity index (χ1v) is 12.7. The van der Waals surface area contributed by atoms with Crippen molar-refractivity contribution in [2.75, 3.05) is 0 Å². The van der Waals surface area contributed by atoms with Crippen molar-refractivity contribution in [3.8, 4) is 11.5 Å². The molecule has 0 aliphatic heterocycles. The van der Waals surface area contributed by atoms with Gasteiger partial charge in [-0.25, -0.2) is 0 Å². The zero-order valence-corrected chi connectivity index (χ0v) is 19.7. The summed E-state index contributed by atoms with van der Waals surface area (Å²) in [6.07, 6.45) is 13.5. The Morgan fingerprint density at radius 2 is 1.06 bits per heavy atom. The van der Waals surface area contributed by atoms with E-state index in [2.05, 4.69) is 32.9 Å². The van der Waals surface area contributed by atoms with Gasteiger partial charge in [0.25, 0.3) is 0 Å². The average Bonchev–Trinajstić information content (AvgIpc) is 2.78. The summed E-state index contributed by atoms with van der Waals surface area (Å²) in [5.74, 6) is 2.24. The Kier molecular flexibility index (Phi) is 6.94. The molecule has 0 atom stereocenters. The molecule has 2 N–H and O–H groups in total. The first kappa shape index (κ1) is 22.2. The van der Waals surface area contributed by atoms with Gasteiger partial charge in [-0.1, -0.05) is 57.6 Å². The van der Waals surface area contributed by atoms with E-state index in [-0.39, 0.29) is 0 Å². The van der Waals surface area contributed by atoms with Crippen LogP contribution >= 0.6 is 0 Å². The molecule has 168 valence electrons. The lowest BCUT2D eigenvalue weighted by Crippen LogP contribution is -2.11. The van der Waals surface area contributed by atoms with E-state index in [9.17, 15) is 10.2 Å². The Labute approximate surface area is 188 Å². The molecule has 0 bridgehead atoms. The third-order valence-corrected chi connectivity index (χ3v) is 8.08. The van der Waals surface area contributed by atoms with Gasteiger partial charge in [-0.05, 0) is 103 Å². The van der Waals surface area contributed by atoms with Gasteiger partial charge in [0.05, 0.1) is 0 Å². The van der Waals surface area contributed by atoms with Gasteiger partial charge in [-0.3, -0.25) is 0 Å². The molecular formula is C29H40O2. The number of rotatable bonds is 5. The second-order valence-corrected chi connectivity index (χ2v) is 10.2. The maximum atomic E-state index is 10.8. The van der Waals surface area contributed by atoms with Crippen molar-refractivity contribution in [2.45, 2.75) is 109 Å². The van der Waals surface area contributed by atoms with E-state index < -0.39 is 0 Å². The van der Waals surface area contributed by atoms with Crippen molar-refractivity contribution in [3.05, 3.63) is 57.6 Å². The minimum absolute atomic E-state index is 0.297. The summed E-state index contributed by atoms with van der Waals surface area (Å²) in [6, 6.07) is 8.64. The number of hydrogen-bond acceptors (Lipinski definition) is 2. The van der Waals surface area contributed by atoms with E-state index in [1.807, 2.05) is 12.1 Å². The third kappa shape index (κ3) is 4.64. The van der Waals surface area contributed by atoms with Crippen LogP contribution in [0.25, 0.3) is 0 Å². The molecule has 0 spiro atoms. The highest BCUT2D eigenvalue weighted by Gasteiger charge is 2.26. The van der Waals surface area contributed by atoms with Gasteiger partial charge >= 0.3 is 0 Å². The van der Waals surface area contributed by atoms with E-state index in [1.54, 1.807) is 0 Å². The van der Waals surface area contributed by atoms with E-state index in [0.717, 1.165) is 17.5 Å². The summed E-state index contributed by atoms with van der Waals surface area (Å²) < 4.78 is 0. The molecule has 2 aliphatic carbocycles. The van der Waals surface area contributed by atoms with Crippen LogP contribution in [0.2, 0.25) is 0 Å². The van der Waals surface area contributed by atoms with Crippen molar-refractivity contribution >= 4 is 0 Å². The average molecular weight is 421 g/mol. The molecule has 2 fully saturated rings. The molecule has 0 radical (unpaired) electrons. The molecule has 0 amide bonds. The SMILES string of the molecule is CCC(c1cc(C2CCCCC2)c(O)cc1C)c1cc(C2CCCCC2)c(O)cc1C. The van der Waals surface area contributed by atoms with Crippen molar-refractivity contribution in [1.29, 1.82) is 0 Å². The second-order valence-electron chi connectivity index (χ2n) is 10.2. The molecule has 2 heteroatoms. The zero-order chi connectivity index (χ0) is 22.0. The predicted octanol–water partition coefficient (Wildman–Crippen LogP) is 8.35. The Morgan fingerprint density at radius 3 is 1.42 bits per heavy atom. The zero-order valence-electron chi connectivity index (χ0n) is 19.7. The third-order valence-electron chi connectivity index (χ3n) is 8.08. The Balaban J connectivity index is 1.75. The van der Waals surface area contributed by atoms with Gasteiger partial charge in [0.15, 0.2) is 0 Å². The highest BCUT2D eigenvalue weighted by molar-refractivity contribution is 5.51. The lowest BCUT2D eigenvalue weighted by Gasteiger charge is -2.28. The van der Waals surface area contributed by atoms with E-state index in [0.29, 0.717) is 29.3 Å². The van der Waals surface area contributed by atoms with Gasteiger partial charge in [0, 0.05) is 5.92 Å². The first-order valence-electron chi connectivity index (χ1n) is 12.7. The van der Waals surface area contributed by atoms with Gasteiger partial charge in [-0.15, -0.1) is 0 Å². The number of aromatic hydroxyl groups is 2. The lowest BCUT2D eigenvalue weighted by atomic mass is 9.77. The Hall–Kier alpha value is -1.96. The van der Waals surface area contributed by atoms with E-state index in [1.165, 1.54) is 86.5 Å². The van der Waals surface area contributed by atoms with Gasteiger partial charge < -0.3 is 10.2 Å². The number of phenols is 2. The van der Waals surface area contributed by atoms with Gasteiger partial charge in [-0.2, -0.15) is 0 Å². The van der Waals surface area contributed by atoms with E-state index in [4.69, 9.17) is 0 Å². The predicted molar refractivity (Wildman–Crippen MR) is 129 cm³/mol. The molecule has 0 heterocycles. The molecule has 0 unspecified atom stereocenters. The molecule has 2 aliphatic rings. The van der Waals surface area contributed by atoms with Crippen LogP contribution in [0.3, 0.4) is 0 Å². The molecule has 2 aromatic rings. The van der Waals surface area contributed by atoms with Crippen LogP contribution in [0.5, 0.6) is 11.5 Å². The highest BCUT2D eigenvalue weighted by atomic mass is 16.3. The Bertz CT molecular complexity index is 828. The fourth-order valence-electron chi connectivity index (χ4n) is 6.29. The minimum atomic E-state index is 0.297. The molecule has 2 nitrogen and oxygen atoms in total. The van der Waals surface area contributed by atoms with Crippen LogP contribution in [0, 0.1) is 13.8 Å². The maximum absolute atomic E-state index is 10.8.